The first kappa shape index (κ1) is 13.5. The minimum Gasteiger partial charge on any atom is -0.309 e. The van der Waals surface area contributed by atoms with Crippen molar-refractivity contribution in [2.24, 2.45) is 11.3 Å². The zero-order chi connectivity index (χ0) is 15.0. The molecule has 0 aromatic carbocycles. The van der Waals surface area contributed by atoms with Gasteiger partial charge in [-0.15, -0.1) is 0 Å². The van der Waals surface area contributed by atoms with E-state index < -0.39 is 0 Å². The van der Waals surface area contributed by atoms with Crippen LogP contribution in [-0.4, -0.2) is 20.7 Å². The lowest BCUT2D eigenvalue weighted by Crippen LogP contribution is -2.18. The second kappa shape index (κ2) is 5.23. The van der Waals surface area contributed by atoms with Crippen LogP contribution in [0, 0.1) is 11.3 Å². The third-order valence-corrected chi connectivity index (χ3v) is 5.05. The Morgan fingerprint density at radius 1 is 1.32 bits per heavy atom. The highest BCUT2D eigenvalue weighted by Gasteiger charge is 2.58. The molecular formula is C17H20N4O. The molecule has 2 saturated carbocycles. The zero-order valence-electron chi connectivity index (χ0n) is 12.5. The van der Waals surface area contributed by atoms with Gasteiger partial charge in [0.15, 0.2) is 5.82 Å². The van der Waals surface area contributed by atoms with Gasteiger partial charge in [-0.2, -0.15) is 5.10 Å². The summed E-state index contributed by atoms with van der Waals surface area (Å²) in [6.07, 6.45) is 9.72. The summed E-state index contributed by atoms with van der Waals surface area (Å²) in [4.78, 5) is 16.6. The van der Waals surface area contributed by atoms with Crippen LogP contribution in [0.1, 0.15) is 37.8 Å². The van der Waals surface area contributed by atoms with E-state index in [1.54, 1.807) is 10.9 Å². The van der Waals surface area contributed by atoms with Crippen LogP contribution in [0.15, 0.2) is 36.7 Å². The highest BCUT2D eigenvalue weighted by atomic mass is 16.2. The Bertz CT molecular complexity index is 673. The predicted octanol–water partition coefficient (Wildman–Crippen LogP) is 2.85. The molecule has 1 atom stereocenters. The fourth-order valence-corrected chi connectivity index (χ4v) is 3.74. The van der Waals surface area contributed by atoms with Gasteiger partial charge in [-0.3, -0.25) is 14.5 Å². The number of hydrogen-bond donors (Lipinski definition) is 1. The lowest BCUT2D eigenvalue weighted by atomic mass is 10.0. The monoisotopic (exact) mass is 296 g/mol. The fraction of sp³-hybridized carbons (Fsp3) is 0.471. The molecule has 1 N–H and O–H groups in total. The highest BCUT2D eigenvalue weighted by molar-refractivity contribution is 5.94. The minimum atomic E-state index is 0.144. The van der Waals surface area contributed by atoms with Gasteiger partial charge in [0, 0.05) is 24.4 Å². The molecular weight excluding hydrogens is 276 g/mol. The molecule has 0 radical (unpaired) electrons. The summed E-state index contributed by atoms with van der Waals surface area (Å²) >= 11 is 0. The van der Waals surface area contributed by atoms with E-state index in [2.05, 4.69) is 15.4 Å². The van der Waals surface area contributed by atoms with Crippen molar-refractivity contribution >= 4 is 11.7 Å². The number of carbonyl (C=O) groups excluding carboxylic acids is 1. The molecule has 2 heterocycles. The number of nitrogens with zero attached hydrogens (tertiary/aromatic N) is 3. The fourth-order valence-electron chi connectivity index (χ4n) is 3.74. The van der Waals surface area contributed by atoms with Gasteiger partial charge in [0.05, 0.1) is 12.2 Å². The molecule has 22 heavy (non-hydrogen) atoms. The maximum absolute atomic E-state index is 12.3. The number of hydrogen-bond acceptors (Lipinski definition) is 3. The molecule has 4 rings (SSSR count). The third kappa shape index (κ3) is 2.51. The number of pyridine rings is 1. The van der Waals surface area contributed by atoms with Crippen LogP contribution < -0.4 is 5.32 Å². The summed E-state index contributed by atoms with van der Waals surface area (Å²) in [5, 5.41) is 7.39. The normalized spacial score (nSPS) is 21.9. The molecule has 2 aliphatic carbocycles. The van der Waals surface area contributed by atoms with Gasteiger partial charge in [-0.25, -0.2) is 0 Å². The summed E-state index contributed by atoms with van der Waals surface area (Å²) in [6, 6.07) is 7.67. The van der Waals surface area contributed by atoms with E-state index >= 15 is 0 Å². The van der Waals surface area contributed by atoms with Crippen LogP contribution in [0.5, 0.6) is 0 Å². The van der Waals surface area contributed by atoms with E-state index in [1.165, 1.54) is 25.7 Å². The quantitative estimate of drug-likeness (QED) is 0.943. The van der Waals surface area contributed by atoms with Crippen molar-refractivity contribution in [1.29, 1.82) is 0 Å². The molecule has 0 bridgehead atoms. The maximum Gasteiger partial charge on any atom is 0.229 e. The Kier molecular flexibility index (Phi) is 3.21. The summed E-state index contributed by atoms with van der Waals surface area (Å²) < 4.78 is 1.80. The third-order valence-electron chi connectivity index (χ3n) is 5.05. The Hall–Kier alpha value is -2.17. The van der Waals surface area contributed by atoms with Crippen molar-refractivity contribution in [2.75, 3.05) is 5.32 Å². The summed E-state index contributed by atoms with van der Waals surface area (Å²) in [5.41, 5.74) is 1.29. The van der Waals surface area contributed by atoms with Gasteiger partial charge >= 0.3 is 0 Å². The van der Waals surface area contributed by atoms with Crippen LogP contribution in [0.25, 0.3) is 0 Å². The minimum absolute atomic E-state index is 0.144. The Labute approximate surface area is 129 Å². The van der Waals surface area contributed by atoms with Crippen LogP contribution >= 0.6 is 0 Å². The molecule has 0 aliphatic heterocycles. The Morgan fingerprint density at radius 2 is 2.18 bits per heavy atom. The van der Waals surface area contributed by atoms with Gasteiger partial charge in [-0.05, 0) is 36.8 Å². The van der Waals surface area contributed by atoms with E-state index in [4.69, 9.17) is 0 Å². The van der Waals surface area contributed by atoms with Crippen LogP contribution in [0.3, 0.4) is 0 Å². The van der Waals surface area contributed by atoms with Crippen LogP contribution in [0.4, 0.5) is 5.82 Å². The summed E-state index contributed by atoms with van der Waals surface area (Å²) in [6.45, 7) is 0.615. The molecule has 114 valence electrons. The Morgan fingerprint density at radius 3 is 2.95 bits per heavy atom. The molecule has 2 aliphatic rings. The standard InChI is InChI=1S/C17H20N4O/c22-16(14-11-17(14)7-2-3-8-17)19-15-6-10-21(20-15)12-13-5-1-4-9-18-13/h1,4-6,9-10,14H,2-3,7-8,11-12H2,(H,19,20,22). The molecule has 1 amide bonds. The van der Waals surface area contributed by atoms with Gasteiger partial charge in [0.1, 0.15) is 0 Å². The lowest BCUT2D eigenvalue weighted by molar-refractivity contribution is -0.118. The molecule has 1 unspecified atom stereocenters. The van der Waals surface area contributed by atoms with Crippen molar-refractivity contribution in [2.45, 2.75) is 38.6 Å². The van der Waals surface area contributed by atoms with Gasteiger partial charge in [0.2, 0.25) is 5.91 Å². The smallest absolute Gasteiger partial charge is 0.229 e. The SMILES string of the molecule is O=C(Nc1ccn(Cc2ccccn2)n1)C1CC12CCCC2. The van der Waals surface area contributed by atoms with Gasteiger partial charge in [0.25, 0.3) is 0 Å². The molecule has 1 spiro atoms. The molecule has 2 fully saturated rings. The number of aromatic nitrogens is 3. The second-order valence-corrected chi connectivity index (χ2v) is 6.54. The lowest BCUT2D eigenvalue weighted by Gasteiger charge is -2.07. The first-order valence-corrected chi connectivity index (χ1v) is 7.99. The number of carbonyl (C=O) groups is 1. The molecule has 0 saturated heterocycles. The maximum atomic E-state index is 12.3. The number of anilines is 1. The van der Waals surface area contributed by atoms with Crippen molar-refractivity contribution in [3.63, 3.8) is 0 Å². The number of nitrogens with one attached hydrogen (secondary N) is 1. The van der Waals surface area contributed by atoms with E-state index in [0.29, 0.717) is 17.8 Å². The average Bonchev–Trinajstić information content (AvgIpc) is 2.84. The van der Waals surface area contributed by atoms with E-state index in [9.17, 15) is 4.79 Å². The van der Waals surface area contributed by atoms with E-state index in [0.717, 1.165) is 12.1 Å². The molecule has 5 nitrogen and oxygen atoms in total. The topological polar surface area (TPSA) is 59.8 Å². The highest BCUT2D eigenvalue weighted by Crippen LogP contribution is 2.62. The summed E-state index contributed by atoms with van der Waals surface area (Å²) in [7, 11) is 0. The first-order chi connectivity index (χ1) is 10.8. The average molecular weight is 296 g/mol. The first-order valence-electron chi connectivity index (χ1n) is 7.99. The number of amides is 1. The zero-order valence-corrected chi connectivity index (χ0v) is 12.5. The predicted molar refractivity (Wildman–Crippen MR) is 83.2 cm³/mol. The van der Waals surface area contributed by atoms with Crippen molar-refractivity contribution < 1.29 is 4.79 Å². The van der Waals surface area contributed by atoms with E-state index in [-0.39, 0.29) is 11.8 Å². The largest absolute Gasteiger partial charge is 0.309 e. The van der Waals surface area contributed by atoms with E-state index in [1.807, 2.05) is 30.5 Å². The molecule has 5 heteroatoms. The molecule has 2 aromatic rings. The van der Waals surface area contributed by atoms with Gasteiger partial charge in [-0.1, -0.05) is 18.9 Å². The second-order valence-electron chi connectivity index (χ2n) is 6.54. The van der Waals surface area contributed by atoms with Crippen LogP contribution in [-0.2, 0) is 11.3 Å². The Balaban J connectivity index is 1.37. The van der Waals surface area contributed by atoms with Crippen molar-refractivity contribution in [3.8, 4) is 0 Å². The van der Waals surface area contributed by atoms with Crippen molar-refractivity contribution in [1.82, 2.24) is 14.8 Å². The van der Waals surface area contributed by atoms with Gasteiger partial charge < -0.3 is 5.32 Å². The number of rotatable bonds is 4. The summed E-state index contributed by atoms with van der Waals surface area (Å²) in [5.74, 6) is 0.988. The van der Waals surface area contributed by atoms with Crippen molar-refractivity contribution in [3.05, 3.63) is 42.4 Å². The molecule has 2 aromatic heterocycles. The van der Waals surface area contributed by atoms with Crippen LogP contribution in [0.2, 0.25) is 0 Å².